The number of hydrogen-bond donors (Lipinski definition) is 2. The normalized spacial score (nSPS) is 18.7. The first-order chi connectivity index (χ1) is 9.28. The van der Waals surface area contributed by atoms with E-state index in [0.29, 0.717) is 6.10 Å². The molecule has 4 nitrogen and oxygen atoms in total. The van der Waals surface area contributed by atoms with Gasteiger partial charge in [-0.3, -0.25) is 4.99 Å². The second-order valence-electron chi connectivity index (χ2n) is 4.47. The van der Waals surface area contributed by atoms with Crippen molar-refractivity contribution in [2.24, 2.45) is 4.99 Å². The highest BCUT2D eigenvalue weighted by Crippen LogP contribution is 2.18. The highest BCUT2D eigenvalue weighted by Gasteiger charge is 2.15. The summed E-state index contributed by atoms with van der Waals surface area (Å²) in [5.41, 5.74) is 0. The molecule has 0 aliphatic carbocycles. The highest BCUT2D eigenvalue weighted by atomic mass is 127. The van der Waals surface area contributed by atoms with Crippen molar-refractivity contribution >= 4 is 63.9 Å². The van der Waals surface area contributed by atoms with Crippen molar-refractivity contribution in [1.29, 1.82) is 0 Å². The van der Waals surface area contributed by atoms with Crippen molar-refractivity contribution in [3.8, 4) is 0 Å². The Morgan fingerprint density at radius 3 is 2.95 bits per heavy atom. The van der Waals surface area contributed by atoms with Gasteiger partial charge in [0.05, 0.1) is 8.99 Å². The van der Waals surface area contributed by atoms with E-state index in [1.54, 1.807) is 7.05 Å². The molecule has 0 radical (unpaired) electrons. The molecular formula is C13H21I2N3OS. The summed E-state index contributed by atoms with van der Waals surface area (Å²) in [7, 11) is 1.80. The van der Waals surface area contributed by atoms with Crippen LogP contribution in [0.4, 0.5) is 0 Å². The van der Waals surface area contributed by atoms with Gasteiger partial charge < -0.3 is 15.4 Å². The zero-order valence-corrected chi connectivity index (χ0v) is 16.8. The van der Waals surface area contributed by atoms with Gasteiger partial charge >= 0.3 is 0 Å². The lowest BCUT2D eigenvalue weighted by molar-refractivity contribution is 0.114. The summed E-state index contributed by atoms with van der Waals surface area (Å²) in [5.74, 6) is 0.863. The number of guanidine groups is 1. The number of ether oxygens (including phenoxy) is 1. The fourth-order valence-corrected chi connectivity index (χ4v) is 3.78. The van der Waals surface area contributed by atoms with Gasteiger partial charge in [0.1, 0.15) is 0 Å². The molecule has 1 saturated heterocycles. The standard InChI is InChI=1S/C13H20IN3OS.HI/c1-15-13(17-9-10-3-2-8-18-10)16-7-6-11-4-5-12(14)19-11;/h4-5,10H,2-3,6-9H2,1H3,(H2,15,16,17);1H. The Bertz CT molecular complexity index is 420. The zero-order chi connectivity index (χ0) is 13.5. The monoisotopic (exact) mass is 521 g/mol. The first-order valence-corrected chi connectivity index (χ1v) is 8.48. The molecular weight excluding hydrogens is 500 g/mol. The molecule has 20 heavy (non-hydrogen) atoms. The molecule has 1 atom stereocenters. The van der Waals surface area contributed by atoms with Crippen molar-refractivity contribution in [3.05, 3.63) is 19.9 Å². The highest BCUT2D eigenvalue weighted by molar-refractivity contribution is 14.1. The summed E-state index contributed by atoms with van der Waals surface area (Å²) < 4.78 is 6.92. The maximum absolute atomic E-state index is 5.58. The Morgan fingerprint density at radius 1 is 1.50 bits per heavy atom. The van der Waals surface area contributed by atoms with E-state index >= 15 is 0 Å². The number of thiophene rings is 1. The van der Waals surface area contributed by atoms with Crippen LogP contribution in [0.3, 0.4) is 0 Å². The summed E-state index contributed by atoms with van der Waals surface area (Å²) in [6.45, 7) is 2.65. The second-order valence-corrected chi connectivity index (χ2v) is 7.53. The molecule has 114 valence electrons. The number of rotatable bonds is 5. The molecule has 1 fully saturated rings. The third-order valence-electron chi connectivity index (χ3n) is 3.04. The summed E-state index contributed by atoms with van der Waals surface area (Å²) in [6, 6.07) is 4.35. The van der Waals surface area contributed by atoms with Crippen LogP contribution in [0.15, 0.2) is 17.1 Å². The van der Waals surface area contributed by atoms with Crippen LogP contribution >= 0.6 is 57.9 Å². The van der Waals surface area contributed by atoms with E-state index in [1.807, 2.05) is 11.3 Å². The summed E-state index contributed by atoms with van der Waals surface area (Å²) >= 11 is 4.20. The van der Waals surface area contributed by atoms with Crippen molar-refractivity contribution in [3.63, 3.8) is 0 Å². The van der Waals surface area contributed by atoms with E-state index in [-0.39, 0.29) is 24.0 Å². The molecule has 1 aliphatic rings. The molecule has 1 aromatic rings. The van der Waals surface area contributed by atoms with Gasteiger partial charge in [-0.1, -0.05) is 0 Å². The smallest absolute Gasteiger partial charge is 0.191 e. The molecule has 1 aromatic heterocycles. The van der Waals surface area contributed by atoms with Gasteiger partial charge in [0.2, 0.25) is 0 Å². The lowest BCUT2D eigenvalue weighted by Crippen LogP contribution is -2.41. The van der Waals surface area contributed by atoms with Gasteiger partial charge in [0.15, 0.2) is 5.96 Å². The molecule has 0 aromatic carbocycles. The molecule has 2 N–H and O–H groups in total. The van der Waals surface area contributed by atoms with E-state index in [1.165, 1.54) is 14.2 Å². The van der Waals surface area contributed by atoms with Crippen LogP contribution < -0.4 is 10.6 Å². The van der Waals surface area contributed by atoms with E-state index in [0.717, 1.165) is 38.5 Å². The predicted molar refractivity (Wildman–Crippen MR) is 104 cm³/mol. The minimum Gasteiger partial charge on any atom is -0.376 e. The maximum atomic E-state index is 5.58. The first kappa shape index (κ1) is 18.4. The van der Waals surface area contributed by atoms with Crippen LogP contribution in [-0.4, -0.2) is 38.8 Å². The van der Waals surface area contributed by atoms with Gasteiger partial charge in [-0.25, -0.2) is 0 Å². The van der Waals surface area contributed by atoms with Crippen LogP contribution in [0.25, 0.3) is 0 Å². The van der Waals surface area contributed by atoms with Crippen LogP contribution in [0.1, 0.15) is 17.7 Å². The average Bonchev–Trinajstić information content (AvgIpc) is 3.05. The van der Waals surface area contributed by atoms with Gasteiger partial charge in [-0.2, -0.15) is 0 Å². The van der Waals surface area contributed by atoms with Crippen LogP contribution in [0.5, 0.6) is 0 Å². The lowest BCUT2D eigenvalue weighted by atomic mass is 10.2. The minimum absolute atomic E-state index is 0. The number of aliphatic imine (C=N–C) groups is 1. The second kappa shape index (κ2) is 10.2. The van der Waals surface area contributed by atoms with Crippen molar-refractivity contribution in [2.45, 2.75) is 25.4 Å². The summed E-state index contributed by atoms with van der Waals surface area (Å²) in [6.07, 6.45) is 3.71. The quantitative estimate of drug-likeness (QED) is 0.356. The molecule has 0 spiro atoms. The van der Waals surface area contributed by atoms with E-state index < -0.39 is 0 Å². The number of nitrogens with zero attached hydrogens (tertiary/aromatic N) is 1. The van der Waals surface area contributed by atoms with Crippen LogP contribution in [0, 0.1) is 2.88 Å². The molecule has 1 aliphatic heterocycles. The Hall–Kier alpha value is 0.390. The first-order valence-electron chi connectivity index (χ1n) is 6.58. The van der Waals surface area contributed by atoms with Crippen molar-refractivity contribution in [2.75, 3.05) is 26.7 Å². The van der Waals surface area contributed by atoms with Gasteiger partial charge in [-0.15, -0.1) is 35.3 Å². The predicted octanol–water partition coefficient (Wildman–Crippen LogP) is 2.86. The third kappa shape index (κ3) is 6.44. The zero-order valence-electron chi connectivity index (χ0n) is 11.5. The van der Waals surface area contributed by atoms with E-state index in [9.17, 15) is 0 Å². The maximum Gasteiger partial charge on any atom is 0.191 e. The molecule has 0 saturated carbocycles. The van der Waals surface area contributed by atoms with Crippen LogP contribution in [-0.2, 0) is 11.2 Å². The molecule has 2 rings (SSSR count). The molecule has 2 heterocycles. The largest absolute Gasteiger partial charge is 0.376 e. The molecule has 7 heteroatoms. The summed E-state index contributed by atoms with van der Waals surface area (Å²) in [5, 5.41) is 6.66. The SMILES string of the molecule is CN=C(NCCc1ccc(I)s1)NCC1CCCO1.I. The van der Waals surface area contributed by atoms with Gasteiger partial charge in [0.25, 0.3) is 0 Å². The van der Waals surface area contributed by atoms with Gasteiger partial charge in [0, 0.05) is 31.6 Å². The summed E-state index contributed by atoms with van der Waals surface area (Å²) in [4.78, 5) is 5.63. The van der Waals surface area contributed by atoms with Crippen molar-refractivity contribution in [1.82, 2.24) is 10.6 Å². The Kier molecular flexibility index (Phi) is 9.38. The van der Waals surface area contributed by atoms with E-state index in [4.69, 9.17) is 4.74 Å². The number of nitrogens with one attached hydrogen (secondary N) is 2. The lowest BCUT2D eigenvalue weighted by Gasteiger charge is -2.14. The van der Waals surface area contributed by atoms with E-state index in [2.05, 4.69) is 50.3 Å². The number of halogens is 2. The van der Waals surface area contributed by atoms with Crippen LogP contribution in [0.2, 0.25) is 0 Å². The molecule has 1 unspecified atom stereocenters. The fraction of sp³-hybridized carbons (Fsp3) is 0.615. The minimum atomic E-state index is 0. The Morgan fingerprint density at radius 2 is 2.35 bits per heavy atom. The average molecular weight is 521 g/mol. The fourth-order valence-electron chi connectivity index (χ4n) is 2.03. The van der Waals surface area contributed by atoms with Crippen molar-refractivity contribution < 1.29 is 4.74 Å². The Labute approximate surface area is 155 Å². The topological polar surface area (TPSA) is 45.7 Å². The molecule has 0 amide bonds. The molecule has 0 bridgehead atoms. The number of hydrogen-bond acceptors (Lipinski definition) is 3. The third-order valence-corrected chi connectivity index (χ3v) is 4.99. The Balaban J connectivity index is 0.00000200. The van der Waals surface area contributed by atoms with Gasteiger partial charge in [-0.05, 0) is 54.0 Å².